The van der Waals surface area contributed by atoms with Gasteiger partial charge in [0, 0.05) is 23.3 Å². The van der Waals surface area contributed by atoms with Crippen molar-refractivity contribution in [2.24, 2.45) is 33.7 Å². The van der Waals surface area contributed by atoms with E-state index < -0.39 is 58.8 Å². The molecule has 11 heteroatoms. The van der Waals surface area contributed by atoms with Gasteiger partial charge >= 0.3 is 5.97 Å². The van der Waals surface area contributed by atoms with E-state index in [1.54, 1.807) is 13.0 Å². The zero-order chi connectivity index (χ0) is 28.7. The van der Waals surface area contributed by atoms with E-state index in [2.05, 4.69) is 12.1 Å². The second kappa shape index (κ2) is 9.72. The maximum absolute atomic E-state index is 12.4. The Labute approximate surface area is 233 Å². The summed E-state index contributed by atoms with van der Waals surface area (Å²) in [6, 6.07) is 0. The third-order valence-corrected chi connectivity index (χ3v) is 12.0. The second-order valence-electron chi connectivity index (χ2n) is 13.5. The van der Waals surface area contributed by atoms with Gasteiger partial charge in [-0.3, -0.25) is 0 Å². The van der Waals surface area contributed by atoms with Gasteiger partial charge in [-0.15, -0.1) is 5.16 Å². The Hall–Kier alpha value is -1.60. The molecule has 6 N–H and O–H groups in total. The molecule has 2 heterocycles. The Balaban J connectivity index is 1.24. The molecule has 0 aromatic carbocycles. The molecule has 2 aliphatic heterocycles. The summed E-state index contributed by atoms with van der Waals surface area (Å²) in [5.74, 6) is -0.514. The van der Waals surface area contributed by atoms with Crippen molar-refractivity contribution in [3.63, 3.8) is 0 Å². The molecule has 0 aromatic rings. The predicted molar refractivity (Wildman–Crippen MR) is 139 cm³/mol. The van der Waals surface area contributed by atoms with E-state index in [4.69, 9.17) is 14.2 Å². The summed E-state index contributed by atoms with van der Waals surface area (Å²) in [6.45, 7) is 4.00. The van der Waals surface area contributed by atoms with Gasteiger partial charge in [0.15, 0.2) is 6.29 Å². The van der Waals surface area contributed by atoms with Crippen LogP contribution < -0.4 is 0 Å². The Bertz CT molecular complexity index is 1080. The topological polar surface area (TPSA) is 178 Å². The Kier molecular flexibility index (Phi) is 6.93. The average molecular weight is 566 g/mol. The van der Waals surface area contributed by atoms with Crippen LogP contribution in [0.15, 0.2) is 16.8 Å². The number of hydrogen-bond acceptors (Lipinski definition) is 11. The number of aliphatic hydroxyl groups excluding tert-OH is 3. The molecule has 0 bridgehead atoms. The fraction of sp³-hybridized carbons (Fsp3) is 0.862. The summed E-state index contributed by atoms with van der Waals surface area (Å²) >= 11 is 0. The molecule has 40 heavy (non-hydrogen) atoms. The molecular formula is C29H43NO10. The maximum atomic E-state index is 12.4. The number of ether oxygens (including phenoxy) is 3. The number of aliphatic hydroxyl groups is 5. The number of rotatable bonds is 4. The van der Waals surface area contributed by atoms with Crippen LogP contribution in [0.2, 0.25) is 0 Å². The number of cyclic esters (lactones) is 1. The summed E-state index contributed by atoms with van der Waals surface area (Å²) in [4.78, 5) is 11.8. The Morgan fingerprint density at radius 2 is 1.75 bits per heavy atom. The van der Waals surface area contributed by atoms with Gasteiger partial charge in [0.25, 0.3) is 0 Å². The highest BCUT2D eigenvalue weighted by Crippen LogP contribution is 2.70. The van der Waals surface area contributed by atoms with Crippen molar-refractivity contribution in [1.29, 1.82) is 0 Å². The highest BCUT2D eigenvalue weighted by Gasteiger charge is 2.71. The first-order valence-electron chi connectivity index (χ1n) is 14.7. The smallest absolute Gasteiger partial charge is 0.331 e. The Morgan fingerprint density at radius 1 is 1.00 bits per heavy atom. The SMILES string of the molecule is C[C@@H]1O[C@@H](O[C@@H]2CC[C@]3(/C=N/O)[C@H]4CC[C@]5(C)[C@H](C6=CC(=O)OC6)CC[C@]5(O)[C@@H]4CC[C@]3(O)C2)[C@@H](O)[C@@H](O)[C@H]1O. The Morgan fingerprint density at radius 3 is 2.45 bits per heavy atom. The summed E-state index contributed by atoms with van der Waals surface area (Å²) in [5, 5.41) is 68.7. The van der Waals surface area contributed by atoms with Gasteiger partial charge in [0.2, 0.25) is 0 Å². The van der Waals surface area contributed by atoms with Gasteiger partial charge in [0.1, 0.15) is 24.9 Å². The molecule has 1 saturated heterocycles. The number of carbonyl (C=O) groups is 1. The molecule has 6 rings (SSSR count). The minimum atomic E-state index is -1.43. The first-order valence-corrected chi connectivity index (χ1v) is 14.7. The van der Waals surface area contributed by atoms with Crippen molar-refractivity contribution < 1.29 is 49.7 Å². The van der Waals surface area contributed by atoms with Gasteiger partial charge in [-0.05, 0) is 81.6 Å². The third-order valence-electron chi connectivity index (χ3n) is 12.0. The fourth-order valence-electron chi connectivity index (χ4n) is 9.88. The number of carbonyl (C=O) groups excluding carboxylic acids is 1. The zero-order valence-electron chi connectivity index (χ0n) is 23.2. The molecular weight excluding hydrogens is 522 g/mol. The van der Waals surface area contributed by atoms with Crippen molar-refractivity contribution in [1.82, 2.24) is 0 Å². The molecule has 13 atom stereocenters. The van der Waals surface area contributed by atoms with Crippen molar-refractivity contribution in [3.8, 4) is 0 Å². The van der Waals surface area contributed by atoms with Crippen LogP contribution in [0.3, 0.4) is 0 Å². The van der Waals surface area contributed by atoms with Crippen LogP contribution in [0.4, 0.5) is 0 Å². The highest BCUT2D eigenvalue weighted by molar-refractivity contribution is 5.85. The second-order valence-corrected chi connectivity index (χ2v) is 13.5. The van der Waals surface area contributed by atoms with E-state index in [0.29, 0.717) is 38.5 Å². The number of nitrogens with zero attached hydrogens (tertiary/aromatic N) is 1. The van der Waals surface area contributed by atoms with E-state index in [1.807, 2.05) is 0 Å². The molecule has 0 aromatic heterocycles. The molecule has 6 aliphatic rings. The van der Waals surface area contributed by atoms with Gasteiger partial charge < -0.3 is 45.0 Å². The molecule has 4 aliphatic carbocycles. The molecule has 224 valence electrons. The highest BCUT2D eigenvalue weighted by atomic mass is 16.7. The van der Waals surface area contributed by atoms with Gasteiger partial charge in [-0.1, -0.05) is 6.92 Å². The molecule has 0 amide bonds. The monoisotopic (exact) mass is 565 g/mol. The van der Waals surface area contributed by atoms with Crippen LogP contribution >= 0.6 is 0 Å². The van der Waals surface area contributed by atoms with Crippen molar-refractivity contribution in [2.75, 3.05) is 6.61 Å². The van der Waals surface area contributed by atoms with Crippen LogP contribution in [-0.4, -0.2) is 97.5 Å². The first-order chi connectivity index (χ1) is 18.9. The summed E-state index contributed by atoms with van der Waals surface area (Å²) in [6.07, 6.45) is 1.55. The number of oxime groups is 1. The standard InChI is InChI=1S/C29H43NO10/c1-15-22(32)23(33)24(34)25(39-15)40-17-3-8-27(14-30-37)19-4-7-26(2)18(16-11-21(31)38-13-16)6-10-29(26,36)20(19)5-9-28(27,35)12-17/h11,14-15,17-20,22-25,32-37H,3-10,12-13H2,1-2H3/b30-14+/t15-,17+,18-,19-,20+,22-,23-,24-,25-,26+,27-,28-,29-/m0/s1. The van der Waals surface area contributed by atoms with Crippen LogP contribution in [-0.2, 0) is 19.0 Å². The summed E-state index contributed by atoms with van der Waals surface area (Å²) in [7, 11) is 0. The molecule has 11 nitrogen and oxygen atoms in total. The minimum absolute atomic E-state index is 0.0514. The van der Waals surface area contributed by atoms with E-state index >= 15 is 0 Å². The lowest BCUT2D eigenvalue weighted by atomic mass is 9.41. The number of esters is 1. The molecule has 0 unspecified atom stereocenters. The zero-order valence-corrected chi connectivity index (χ0v) is 23.2. The van der Waals surface area contributed by atoms with Crippen LogP contribution in [0.1, 0.15) is 71.6 Å². The normalized spacial score (nSPS) is 54.4. The van der Waals surface area contributed by atoms with E-state index in [9.17, 15) is 35.5 Å². The molecule has 0 spiro atoms. The van der Waals surface area contributed by atoms with Gasteiger partial charge in [-0.25, -0.2) is 4.79 Å². The maximum Gasteiger partial charge on any atom is 0.331 e. The lowest BCUT2D eigenvalue weighted by molar-refractivity contribution is -0.316. The molecule has 0 radical (unpaired) electrons. The van der Waals surface area contributed by atoms with Crippen molar-refractivity contribution >= 4 is 12.2 Å². The molecule has 5 fully saturated rings. The first kappa shape index (κ1) is 28.5. The summed E-state index contributed by atoms with van der Waals surface area (Å²) in [5.41, 5.74) is -2.62. The largest absolute Gasteiger partial charge is 0.458 e. The quantitative estimate of drug-likeness (QED) is 0.0947. The summed E-state index contributed by atoms with van der Waals surface area (Å²) < 4.78 is 16.9. The van der Waals surface area contributed by atoms with E-state index in [0.717, 1.165) is 18.4 Å². The third kappa shape index (κ3) is 3.88. The number of hydrogen-bond donors (Lipinski definition) is 6. The fourth-order valence-corrected chi connectivity index (χ4v) is 9.88. The molecule has 4 saturated carbocycles. The van der Waals surface area contributed by atoms with Crippen LogP contribution in [0.25, 0.3) is 0 Å². The van der Waals surface area contributed by atoms with E-state index in [-0.39, 0.29) is 36.8 Å². The number of fused-ring (bicyclic) bond motifs is 5. The lowest BCUT2D eigenvalue weighted by Gasteiger charge is -2.65. The predicted octanol–water partition coefficient (Wildman–Crippen LogP) is 1.01. The van der Waals surface area contributed by atoms with E-state index in [1.165, 1.54) is 6.21 Å². The van der Waals surface area contributed by atoms with Crippen molar-refractivity contribution in [3.05, 3.63) is 11.6 Å². The van der Waals surface area contributed by atoms with Crippen molar-refractivity contribution in [2.45, 2.75) is 120 Å². The van der Waals surface area contributed by atoms with Crippen LogP contribution in [0.5, 0.6) is 0 Å². The van der Waals surface area contributed by atoms with Crippen LogP contribution in [0, 0.1) is 28.6 Å². The minimum Gasteiger partial charge on any atom is -0.458 e. The van der Waals surface area contributed by atoms with Gasteiger partial charge in [0.05, 0.1) is 29.6 Å². The lowest BCUT2D eigenvalue weighted by Crippen LogP contribution is -2.69. The average Bonchev–Trinajstić information content (AvgIpc) is 3.46. The van der Waals surface area contributed by atoms with Gasteiger partial charge in [-0.2, -0.15) is 0 Å².